The molecule has 0 radical (unpaired) electrons. The van der Waals surface area contributed by atoms with Crippen LogP contribution in [0.2, 0.25) is 0 Å². The standard InChI is InChI=1S/C12H8FN3O2S/c1-6-4-7(2-3-8(6)13)10-14-12-16(15-10)9(5-19-12)11(17)18/h2-5H,1H3,(H,17,18). The maximum absolute atomic E-state index is 13.2. The molecule has 0 bridgehead atoms. The second kappa shape index (κ2) is 4.13. The molecule has 5 nitrogen and oxygen atoms in total. The first-order chi connectivity index (χ1) is 9.06. The minimum Gasteiger partial charge on any atom is -0.476 e. The predicted molar refractivity (Wildman–Crippen MR) is 68.0 cm³/mol. The van der Waals surface area contributed by atoms with Crippen molar-refractivity contribution in [2.75, 3.05) is 0 Å². The summed E-state index contributed by atoms with van der Waals surface area (Å²) in [4.78, 5) is 15.7. The Bertz CT molecular complexity index is 793. The van der Waals surface area contributed by atoms with Gasteiger partial charge in [0.25, 0.3) is 0 Å². The number of benzene rings is 1. The Kier molecular flexibility index (Phi) is 2.56. The first kappa shape index (κ1) is 11.8. The van der Waals surface area contributed by atoms with E-state index in [-0.39, 0.29) is 11.5 Å². The summed E-state index contributed by atoms with van der Waals surface area (Å²) in [7, 11) is 0. The molecule has 2 heterocycles. The van der Waals surface area contributed by atoms with Crippen molar-refractivity contribution in [2.45, 2.75) is 6.92 Å². The molecule has 0 aliphatic carbocycles. The highest BCUT2D eigenvalue weighted by molar-refractivity contribution is 7.15. The van der Waals surface area contributed by atoms with E-state index in [1.54, 1.807) is 19.1 Å². The molecule has 0 atom stereocenters. The lowest BCUT2D eigenvalue weighted by Gasteiger charge is -1.98. The molecule has 0 saturated heterocycles. The van der Waals surface area contributed by atoms with Gasteiger partial charge in [0.1, 0.15) is 5.82 Å². The van der Waals surface area contributed by atoms with E-state index in [0.29, 0.717) is 21.9 Å². The van der Waals surface area contributed by atoms with Crippen molar-refractivity contribution in [1.29, 1.82) is 0 Å². The number of fused-ring (bicyclic) bond motifs is 1. The fraction of sp³-hybridized carbons (Fsp3) is 0.0833. The number of nitrogens with zero attached hydrogens (tertiary/aromatic N) is 3. The number of thiazole rings is 1. The van der Waals surface area contributed by atoms with Gasteiger partial charge >= 0.3 is 5.97 Å². The van der Waals surface area contributed by atoms with Crippen LogP contribution < -0.4 is 0 Å². The van der Waals surface area contributed by atoms with E-state index in [1.807, 2.05) is 0 Å². The lowest BCUT2D eigenvalue weighted by molar-refractivity contribution is 0.0688. The van der Waals surface area contributed by atoms with E-state index in [0.717, 1.165) is 0 Å². The number of carboxylic acid groups (broad SMARTS) is 1. The first-order valence-corrected chi connectivity index (χ1v) is 6.28. The molecule has 1 N–H and O–H groups in total. The number of aromatic carboxylic acids is 1. The molecule has 7 heteroatoms. The zero-order valence-corrected chi connectivity index (χ0v) is 10.6. The second-order valence-corrected chi connectivity index (χ2v) is 4.86. The van der Waals surface area contributed by atoms with E-state index >= 15 is 0 Å². The summed E-state index contributed by atoms with van der Waals surface area (Å²) in [6.45, 7) is 1.65. The summed E-state index contributed by atoms with van der Waals surface area (Å²) in [6.07, 6.45) is 0. The van der Waals surface area contributed by atoms with Crippen molar-refractivity contribution in [3.8, 4) is 11.4 Å². The van der Waals surface area contributed by atoms with Crippen LogP contribution in [-0.2, 0) is 0 Å². The van der Waals surface area contributed by atoms with Crippen molar-refractivity contribution in [1.82, 2.24) is 14.6 Å². The molecule has 96 valence electrons. The Morgan fingerprint density at radius 3 is 2.95 bits per heavy atom. The summed E-state index contributed by atoms with van der Waals surface area (Å²) in [5.74, 6) is -0.966. The molecule has 19 heavy (non-hydrogen) atoms. The summed E-state index contributed by atoms with van der Waals surface area (Å²) in [5, 5.41) is 14.6. The van der Waals surface area contributed by atoms with Crippen LogP contribution in [0.1, 0.15) is 16.1 Å². The van der Waals surface area contributed by atoms with Gasteiger partial charge in [-0.15, -0.1) is 16.4 Å². The zero-order chi connectivity index (χ0) is 13.6. The van der Waals surface area contributed by atoms with Gasteiger partial charge in [-0.3, -0.25) is 0 Å². The fourth-order valence-electron chi connectivity index (χ4n) is 1.74. The number of halogens is 1. The van der Waals surface area contributed by atoms with E-state index < -0.39 is 5.97 Å². The zero-order valence-electron chi connectivity index (χ0n) is 9.79. The molecule has 0 amide bonds. The van der Waals surface area contributed by atoms with E-state index in [1.165, 1.54) is 27.3 Å². The molecule has 0 aliphatic heterocycles. The summed E-state index contributed by atoms with van der Waals surface area (Å²) < 4.78 is 14.5. The molecule has 0 fully saturated rings. The third-order valence-corrected chi connectivity index (χ3v) is 3.53. The van der Waals surface area contributed by atoms with Gasteiger partial charge in [-0.05, 0) is 30.7 Å². The lowest BCUT2D eigenvalue weighted by atomic mass is 10.1. The average Bonchev–Trinajstić information content (AvgIpc) is 2.91. The van der Waals surface area contributed by atoms with Crippen LogP contribution in [0.3, 0.4) is 0 Å². The molecule has 0 unspecified atom stereocenters. The Balaban J connectivity index is 2.15. The molecule has 1 aromatic carbocycles. The minimum absolute atomic E-state index is 0.0672. The van der Waals surface area contributed by atoms with E-state index in [4.69, 9.17) is 5.11 Å². The number of carbonyl (C=O) groups is 1. The first-order valence-electron chi connectivity index (χ1n) is 5.40. The number of rotatable bonds is 2. The number of aromatic nitrogens is 3. The van der Waals surface area contributed by atoms with Gasteiger partial charge in [0.15, 0.2) is 11.5 Å². The maximum Gasteiger partial charge on any atom is 0.355 e. The van der Waals surface area contributed by atoms with Crippen molar-refractivity contribution < 1.29 is 14.3 Å². The Labute approximate surface area is 111 Å². The van der Waals surface area contributed by atoms with Crippen molar-refractivity contribution in [3.63, 3.8) is 0 Å². The quantitative estimate of drug-likeness (QED) is 0.781. The van der Waals surface area contributed by atoms with Gasteiger partial charge in [-0.2, -0.15) is 9.50 Å². The second-order valence-electron chi connectivity index (χ2n) is 4.02. The van der Waals surface area contributed by atoms with Crippen LogP contribution in [-0.4, -0.2) is 25.7 Å². The van der Waals surface area contributed by atoms with Gasteiger partial charge < -0.3 is 5.11 Å². The summed E-state index contributed by atoms with van der Waals surface area (Å²) in [6, 6.07) is 4.55. The molecule has 3 rings (SSSR count). The fourth-order valence-corrected chi connectivity index (χ4v) is 2.53. The van der Waals surface area contributed by atoms with E-state index in [2.05, 4.69) is 10.1 Å². The van der Waals surface area contributed by atoms with Crippen molar-refractivity contribution in [2.24, 2.45) is 0 Å². The van der Waals surface area contributed by atoms with Gasteiger partial charge in [-0.1, -0.05) is 0 Å². The van der Waals surface area contributed by atoms with Crippen LogP contribution in [0.5, 0.6) is 0 Å². The average molecular weight is 277 g/mol. The van der Waals surface area contributed by atoms with E-state index in [9.17, 15) is 9.18 Å². The number of hydrogen-bond acceptors (Lipinski definition) is 4. The predicted octanol–water partition coefficient (Wildman–Crippen LogP) is 2.60. The number of aryl methyl sites for hydroxylation is 1. The Morgan fingerprint density at radius 2 is 2.26 bits per heavy atom. The highest BCUT2D eigenvalue weighted by atomic mass is 32.1. The minimum atomic E-state index is -1.06. The van der Waals surface area contributed by atoms with Gasteiger partial charge in [0, 0.05) is 10.9 Å². The molecular formula is C12H8FN3O2S. The Morgan fingerprint density at radius 1 is 1.47 bits per heavy atom. The molecule has 3 aromatic rings. The number of hydrogen-bond donors (Lipinski definition) is 1. The van der Waals surface area contributed by atoms with Crippen LogP contribution in [0.4, 0.5) is 4.39 Å². The largest absolute Gasteiger partial charge is 0.476 e. The highest BCUT2D eigenvalue weighted by Crippen LogP contribution is 2.22. The van der Waals surface area contributed by atoms with Crippen LogP contribution in [0, 0.1) is 12.7 Å². The molecule has 2 aromatic heterocycles. The monoisotopic (exact) mass is 277 g/mol. The van der Waals surface area contributed by atoms with Gasteiger partial charge in [0.05, 0.1) is 0 Å². The maximum atomic E-state index is 13.2. The van der Waals surface area contributed by atoms with Gasteiger partial charge in [-0.25, -0.2) is 9.18 Å². The van der Waals surface area contributed by atoms with Crippen LogP contribution in [0.25, 0.3) is 16.3 Å². The highest BCUT2D eigenvalue weighted by Gasteiger charge is 2.16. The van der Waals surface area contributed by atoms with Crippen LogP contribution >= 0.6 is 11.3 Å². The third-order valence-electron chi connectivity index (χ3n) is 2.72. The smallest absolute Gasteiger partial charge is 0.355 e. The lowest BCUT2D eigenvalue weighted by Crippen LogP contribution is -2.01. The topological polar surface area (TPSA) is 67.5 Å². The summed E-state index contributed by atoms with van der Waals surface area (Å²) in [5.41, 5.74) is 1.22. The number of carboxylic acids is 1. The van der Waals surface area contributed by atoms with Crippen molar-refractivity contribution in [3.05, 3.63) is 40.7 Å². The molecule has 0 spiro atoms. The molecular weight excluding hydrogens is 269 g/mol. The molecule has 0 aliphatic rings. The third kappa shape index (κ3) is 1.88. The Hall–Kier alpha value is -2.28. The van der Waals surface area contributed by atoms with Crippen LogP contribution in [0.15, 0.2) is 23.6 Å². The van der Waals surface area contributed by atoms with Crippen molar-refractivity contribution >= 4 is 22.3 Å². The normalized spacial score (nSPS) is 11.1. The summed E-state index contributed by atoms with van der Waals surface area (Å²) >= 11 is 1.20. The SMILES string of the molecule is Cc1cc(-c2nc3scc(C(=O)O)n3n2)ccc1F. The molecule has 0 saturated carbocycles. The van der Waals surface area contributed by atoms with Gasteiger partial charge in [0.2, 0.25) is 4.96 Å².